The molecule has 7 nitrogen and oxygen atoms in total. The lowest BCUT2D eigenvalue weighted by molar-refractivity contribution is -0.121. The van der Waals surface area contributed by atoms with E-state index in [0.29, 0.717) is 12.2 Å². The second kappa shape index (κ2) is 6.43. The molecule has 0 atom stereocenters. The van der Waals surface area contributed by atoms with Crippen molar-refractivity contribution in [2.24, 2.45) is 0 Å². The van der Waals surface area contributed by atoms with Crippen molar-refractivity contribution in [1.29, 1.82) is 0 Å². The van der Waals surface area contributed by atoms with Gasteiger partial charge in [0.05, 0.1) is 29.5 Å². The normalized spacial score (nSPS) is 10.8. The predicted molar refractivity (Wildman–Crippen MR) is 85.8 cm³/mol. The number of hydrogen-bond donors (Lipinski definition) is 1. The van der Waals surface area contributed by atoms with Crippen molar-refractivity contribution in [3.63, 3.8) is 0 Å². The monoisotopic (exact) mass is 311 g/mol. The predicted octanol–water partition coefficient (Wildman–Crippen LogP) is 0.929. The Kier molecular flexibility index (Phi) is 4.18. The average molecular weight is 311 g/mol. The van der Waals surface area contributed by atoms with Crippen LogP contribution in [-0.4, -0.2) is 25.0 Å². The smallest absolute Gasteiger partial charge is 0.329 e. The molecule has 0 fully saturated rings. The van der Waals surface area contributed by atoms with E-state index in [2.05, 4.69) is 15.3 Å². The Labute approximate surface area is 132 Å². The molecule has 0 aliphatic rings. The number of amides is 1. The van der Waals surface area contributed by atoms with Crippen LogP contribution < -0.4 is 11.0 Å². The van der Waals surface area contributed by atoms with Crippen molar-refractivity contribution in [3.8, 4) is 0 Å². The van der Waals surface area contributed by atoms with E-state index < -0.39 is 0 Å². The highest BCUT2D eigenvalue weighted by atomic mass is 16.2. The molecule has 0 aliphatic heterocycles. The Morgan fingerprint density at radius 1 is 1.17 bits per heavy atom. The number of rotatable bonds is 5. The summed E-state index contributed by atoms with van der Waals surface area (Å²) in [6, 6.07) is 7.47. The zero-order valence-electron chi connectivity index (χ0n) is 12.8. The van der Waals surface area contributed by atoms with Crippen molar-refractivity contribution in [1.82, 2.24) is 24.4 Å². The van der Waals surface area contributed by atoms with Crippen molar-refractivity contribution in [3.05, 3.63) is 59.0 Å². The third kappa shape index (κ3) is 2.98. The lowest BCUT2D eigenvalue weighted by Gasteiger charge is -2.05. The van der Waals surface area contributed by atoms with Crippen LogP contribution in [0.4, 0.5) is 0 Å². The van der Waals surface area contributed by atoms with Crippen LogP contribution in [0.2, 0.25) is 0 Å². The fourth-order valence-electron chi connectivity index (χ4n) is 2.54. The van der Waals surface area contributed by atoms with Gasteiger partial charge in [0.2, 0.25) is 5.91 Å². The summed E-state index contributed by atoms with van der Waals surface area (Å²) in [4.78, 5) is 32.6. The van der Waals surface area contributed by atoms with E-state index >= 15 is 0 Å². The van der Waals surface area contributed by atoms with Crippen molar-refractivity contribution in [2.75, 3.05) is 0 Å². The average Bonchev–Trinajstić information content (AvgIpc) is 2.85. The summed E-state index contributed by atoms with van der Waals surface area (Å²) in [5.41, 5.74) is 2.09. The molecular weight excluding hydrogens is 294 g/mol. The standard InChI is InChI=1S/C16H17N5O2/c1-2-20-13-5-3-4-6-14(13)21(16(20)23)11-15(22)19-10-12-9-17-7-8-18-12/h3-9H,2,10-11H2,1H3,(H,19,22). The van der Waals surface area contributed by atoms with Gasteiger partial charge < -0.3 is 5.32 Å². The van der Waals surface area contributed by atoms with Crippen LogP contribution in [0.25, 0.3) is 11.0 Å². The van der Waals surface area contributed by atoms with Crippen LogP contribution in [0.1, 0.15) is 12.6 Å². The number of aryl methyl sites for hydroxylation is 1. The van der Waals surface area contributed by atoms with Gasteiger partial charge >= 0.3 is 5.69 Å². The molecule has 1 aromatic carbocycles. The molecule has 7 heteroatoms. The van der Waals surface area contributed by atoms with Crippen molar-refractivity contribution in [2.45, 2.75) is 26.6 Å². The zero-order valence-corrected chi connectivity index (χ0v) is 12.8. The van der Waals surface area contributed by atoms with E-state index in [0.717, 1.165) is 11.0 Å². The van der Waals surface area contributed by atoms with E-state index in [9.17, 15) is 9.59 Å². The zero-order chi connectivity index (χ0) is 16.2. The molecule has 1 N–H and O–H groups in total. The van der Waals surface area contributed by atoms with Gasteiger partial charge in [0.25, 0.3) is 0 Å². The van der Waals surface area contributed by atoms with Crippen molar-refractivity contribution < 1.29 is 4.79 Å². The van der Waals surface area contributed by atoms with Crippen LogP contribution >= 0.6 is 0 Å². The molecule has 118 valence electrons. The fourth-order valence-corrected chi connectivity index (χ4v) is 2.54. The number of imidazole rings is 1. The maximum Gasteiger partial charge on any atom is 0.329 e. The lowest BCUT2D eigenvalue weighted by atomic mass is 10.3. The van der Waals surface area contributed by atoms with Crippen LogP contribution in [0.15, 0.2) is 47.7 Å². The van der Waals surface area contributed by atoms with Gasteiger partial charge in [-0.1, -0.05) is 12.1 Å². The van der Waals surface area contributed by atoms with E-state index in [1.54, 1.807) is 23.2 Å². The van der Waals surface area contributed by atoms with E-state index in [4.69, 9.17) is 0 Å². The summed E-state index contributed by atoms with van der Waals surface area (Å²) < 4.78 is 3.15. The summed E-state index contributed by atoms with van der Waals surface area (Å²) in [5, 5.41) is 2.76. The Bertz CT molecular complexity index is 882. The summed E-state index contributed by atoms with van der Waals surface area (Å²) >= 11 is 0. The first kappa shape index (κ1) is 15.0. The third-order valence-electron chi connectivity index (χ3n) is 3.63. The van der Waals surface area contributed by atoms with Gasteiger partial charge in [-0.15, -0.1) is 0 Å². The third-order valence-corrected chi connectivity index (χ3v) is 3.63. The van der Waals surface area contributed by atoms with Crippen molar-refractivity contribution >= 4 is 16.9 Å². The maximum absolute atomic E-state index is 12.5. The first-order chi connectivity index (χ1) is 11.2. The van der Waals surface area contributed by atoms with Gasteiger partial charge in [0.1, 0.15) is 6.54 Å². The first-order valence-electron chi connectivity index (χ1n) is 7.40. The molecule has 0 bridgehead atoms. The fraction of sp³-hybridized carbons (Fsp3) is 0.250. The second-order valence-corrected chi connectivity index (χ2v) is 5.08. The molecule has 23 heavy (non-hydrogen) atoms. The van der Waals surface area contributed by atoms with Gasteiger partial charge in [-0.25, -0.2) is 4.79 Å². The first-order valence-corrected chi connectivity index (χ1v) is 7.40. The number of carbonyl (C=O) groups excluding carboxylic acids is 1. The van der Waals surface area contributed by atoms with Gasteiger partial charge in [-0.05, 0) is 19.1 Å². The molecule has 2 heterocycles. The Morgan fingerprint density at radius 3 is 2.57 bits per heavy atom. The highest BCUT2D eigenvalue weighted by Gasteiger charge is 2.14. The molecule has 0 saturated heterocycles. The van der Waals surface area contributed by atoms with Gasteiger partial charge in [0, 0.05) is 18.9 Å². The lowest BCUT2D eigenvalue weighted by Crippen LogP contribution is -2.32. The molecular formula is C16H17N5O2. The van der Waals surface area contributed by atoms with Gasteiger partial charge in [-0.3, -0.25) is 23.9 Å². The molecule has 0 spiro atoms. The molecule has 0 saturated carbocycles. The van der Waals surface area contributed by atoms with E-state index in [1.807, 2.05) is 31.2 Å². The SMILES string of the molecule is CCn1c(=O)n(CC(=O)NCc2cnccn2)c2ccccc21. The summed E-state index contributed by atoms with van der Waals surface area (Å²) in [5.74, 6) is -0.239. The number of fused-ring (bicyclic) bond motifs is 1. The van der Waals surface area contributed by atoms with Gasteiger partial charge in [-0.2, -0.15) is 0 Å². The molecule has 0 unspecified atom stereocenters. The number of aromatic nitrogens is 4. The molecule has 0 aliphatic carbocycles. The number of nitrogens with one attached hydrogen (secondary N) is 1. The number of hydrogen-bond acceptors (Lipinski definition) is 4. The Hall–Kier alpha value is -2.96. The summed E-state index contributed by atoms with van der Waals surface area (Å²) in [7, 11) is 0. The molecule has 3 rings (SSSR count). The second-order valence-electron chi connectivity index (χ2n) is 5.08. The minimum absolute atomic E-state index is 0.0212. The quantitative estimate of drug-likeness (QED) is 0.760. The largest absolute Gasteiger partial charge is 0.349 e. The number of benzene rings is 1. The Balaban J connectivity index is 1.80. The van der Waals surface area contributed by atoms with Crippen LogP contribution in [0.5, 0.6) is 0 Å². The topological polar surface area (TPSA) is 81.8 Å². The maximum atomic E-state index is 12.5. The molecule has 2 aromatic heterocycles. The molecule has 1 amide bonds. The summed E-state index contributed by atoms with van der Waals surface area (Å²) in [6.07, 6.45) is 4.74. The molecule has 0 radical (unpaired) electrons. The van der Waals surface area contributed by atoms with Crippen LogP contribution in [0.3, 0.4) is 0 Å². The highest BCUT2D eigenvalue weighted by Crippen LogP contribution is 2.12. The van der Waals surface area contributed by atoms with E-state index in [1.165, 1.54) is 4.57 Å². The van der Waals surface area contributed by atoms with Gasteiger partial charge in [0.15, 0.2) is 0 Å². The number of nitrogens with zero attached hydrogens (tertiary/aromatic N) is 4. The summed E-state index contributed by atoms with van der Waals surface area (Å²) in [6.45, 7) is 2.74. The minimum Gasteiger partial charge on any atom is -0.349 e. The highest BCUT2D eigenvalue weighted by molar-refractivity contribution is 5.80. The molecule has 3 aromatic rings. The van der Waals surface area contributed by atoms with Crippen LogP contribution in [-0.2, 0) is 24.4 Å². The minimum atomic E-state index is -0.239. The number of carbonyl (C=O) groups is 1. The van der Waals surface area contributed by atoms with Crippen LogP contribution in [0, 0.1) is 0 Å². The Morgan fingerprint density at radius 2 is 1.91 bits per heavy atom. The number of para-hydroxylation sites is 2. The van der Waals surface area contributed by atoms with E-state index in [-0.39, 0.29) is 24.7 Å².